The van der Waals surface area contributed by atoms with Crippen molar-refractivity contribution in [2.24, 2.45) is 11.8 Å². The van der Waals surface area contributed by atoms with Gasteiger partial charge in [0.1, 0.15) is 0 Å². The summed E-state index contributed by atoms with van der Waals surface area (Å²) in [7, 11) is 0. The van der Waals surface area contributed by atoms with E-state index in [-0.39, 0.29) is 0 Å². The van der Waals surface area contributed by atoms with E-state index in [1.54, 1.807) is 0 Å². The van der Waals surface area contributed by atoms with E-state index in [0.29, 0.717) is 6.04 Å². The van der Waals surface area contributed by atoms with Gasteiger partial charge in [0.15, 0.2) is 0 Å². The summed E-state index contributed by atoms with van der Waals surface area (Å²) in [6, 6.07) is 0.656. The van der Waals surface area contributed by atoms with E-state index in [1.807, 2.05) is 0 Å². The summed E-state index contributed by atoms with van der Waals surface area (Å²) < 4.78 is 0. The molecule has 1 fully saturated rings. The highest BCUT2D eigenvalue weighted by Gasteiger charge is 2.29. The molecule has 1 aliphatic rings. The molecule has 1 aliphatic carbocycles. The first-order valence-corrected chi connectivity index (χ1v) is 5.47. The molecule has 1 N–H and O–H groups in total. The molecular weight excluding hydrogens is 146 g/mol. The van der Waals surface area contributed by atoms with Crippen LogP contribution in [-0.4, -0.2) is 12.6 Å². The van der Waals surface area contributed by atoms with E-state index in [4.69, 9.17) is 0 Å². The van der Waals surface area contributed by atoms with Crippen LogP contribution in [0.2, 0.25) is 0 Å². The Kier molecular flexibility index (Phi) is 4.07. The molecule has 0 heterocycles. The molecule has 0 amide bonds. The van der Waals surface area contributed by atoms with E-state index >= 15 is 0 Å². The quantitative estimate of drug-likeness (QED) is 0.644. The highest BCUT2D eigenvalue weighted by Crippen LogP contribution is 2.38. The molecule has 0 bridgehead atoms. The number of rotatable bonds is 6. The van der Waals surface area contributed by atoms with Gasteiger partial charge in [0.05, 0.1) is 0 Å². The molecule has 1 unspecified atom stereocenters. The molecule has 0 radical (unpaired) electrons. The Labute approximate surface area is 76.9 Å². The van der Waals surface area contributed by atoms with E-state index in [1.165, 1.54) is 32.2 Å². The predicted molar refractivity (Wildman–Crippen MR) is 54.3 cm³/mol. The topological polar surface area (TPSA) is 12.0 Å². The van der Waals surface area contributed by atoms with Crippen LogP contribution in [0.25, 0.3) is 0 Å². The lowest BCUT2D eigenvalue weighted by Gasteiger charge is -2.17. The summed E-state index contributed by atoms with van der Waals surface area (Å²) in [5, 5.41) is 3.55. The molecule has 1 heteroatoms. The van der Waals surface area contributed by atoms with Crippen LogP contribution in [0.15, 0.2) is 0 Å². The van der Waals surface area contributed by atoms with Crippen molar-refractivity contribution in [3.8, 4) is 0 Å². The molecule has 1 atom stereocenters. The first-order valence-electron chi connectivity index (χ1n) is 5.47. The monoisotopic (exact) mass is 169 g/mol. The lowest BCUT2D eigenvalue weighted by atomic mass is 9.98. The molecular formula is C11H23N. The third-order valence-corrected chi connectivity index (χ3v) is 2.74. The maximum Gasteiger partial charge on any atom is 0.00104 e. The number of nitrogens with one attached hydrogen (secondary N) is 1. The van der Waals surface area contributed by atoms with Gasteiger partial charge in [-0.3, -0.25) is 0 Å². The maximum absolute atomic E-state index is 3.55. The van der Waals surface area contributed by atoms with Crippen molar-refractivity contribution in [2.75, 3.05) is 6.54 Å². The van der Waals surface area contributed by atoms with Crippen molar-refractivity contribution in [2.45, 2.75) is 52.5 Å². The van der Waals surface area contributed by atoms with Crippen LogP contribution >= 0.6 is 0 Å². The maximum atomic E-state index is 3.55. The van der Waals surface area contributed by atoms with Gasteiger partial charge in [0.2, 0.25) is 0 Å². The van der Waals surface area contributed by atoms with Crippen LogP contribution in [0.1, 0.15) is 46.5 Å². The summed E-state index contributed by atoms with van der Waals surface area (Å²) in [6.07, 6.45) is 5.75. The third kappa shape index (κ3) is 3.57. The fourth-order valence-corrected chi connectivity index (χ4v) is 1.83. The summed E-state index contributed by atoms with van der Waals surface area (Å²) in [4.78, 5) is 0. The van der Waals surface area contributed by atoms with Crippen LogP contribution in [0.3, 0.4) is 0 Å². The highest BCUT2D eigenvalue weighted by molar-refractivity contribution is 4.82. The summed E-state index contributed by atoms with van der Waals surface area (Å²) in [5.74, 6) is 2.04. The number of hydrogen-bond acceptors (Lipinski definition) is 1. The normalized spacial score (nSPS) is 20.0. The molecule has 0 saturated heterocycles. The third-order valence-electron chi connectivity index (χ3n) is 2.74. The van der Waals surface area contributed by atoms with Crippen molar-refractivity contribution in [3.63, 3.8) is 0 Å². The van der Waals surface area contributed by atoms with Crippen molar-refractivity contribution < 1.29 is 0 Å². The Hall–Kier alpha value is -0.0400. The molecule has 0 aliphatic heterocycles. The second-order valence-electron chi connectivity index (χ2n) is 4.45. The van der Waals surface area contributed by atoms with Crippen LogP contribution in [0, 0.1) is 11.8 Å². The number of hydrogen-bond donors (Lipinski definition) is 1. The zero-order chi connectivity index (χ0) is 8.97. The average Bonchev–Trinajstić information content (AvgIpc) is 2.79. The van der Waals surface area contributed by atoms with E-state index in [0.717, 1.165) is 11.8 Å². The second kappa shape index (κ2) is 4.86. The lowest BCUT2D eigenvalue weighted by Crippen LogP contribution is -2.29. The van der Waals surface area contributed by atoms with Gasteiger partial charge < -0.3 is 5.32 Å². The molecule has 12 heavy (non-hydrogen) atoms. The Morgan fingerprint density at radius 1 is 1.33 bits per heavy atom. The van der Waals surface area contributed by atoms with Crippen LogP contribution in [-0.2, 0) is 0 Å². The van der Waals surface area contributed by atoms with Gasteiger partial charge in [0.25, 0.3) is 0 Å². The van der Waals surface area contributed by atoms with Gasteiger partial charge in [-0.05, 0) is 37.6 Å². The first-order chi connectivity index (χ1) is 5.74. The fourth-order valence-electron chi connectivity index (χ4n) is 1.83. The largest absolute Gasteiger partial charge is 0.314 e. The Bertz CT molecular complexity index is 116. The van der Waals surface area contributed by atoms with E-state index in [9.17, 15) is 0 Å². The Morgan fingerprint density at radius 2 is 2.00 bits per heavy atom. The second-order valence-corrected chi connectivity index (χ2v) is 4.45. The van der Waals surface area contributed by atoms with Gasteiger partial charge in [-0.1, -0.05) is 27.2 Å². The lowest BCUT2D eigenvalue weighted by molar-refractivity contribution is 0.380. The Morgan fingerprint density at radius 3 is 2.42 bits per heavy atom. The summed E-state index contributed by atoms with van der Waals surface area (Å²) >= 11 is 0. The van der Waals surface area contributed by atoms with Gasteiger partial charge in [-0.2, -0.15) is 0 Å². The average molecular weight is 169 g/mol. The van der Waals surface area contributed by atoms with Crippen molar-refractivity contribution in [1.29, 1.82) is 0 Å². The van der Waals surface area contributed by atoms with E-state index < -0.39 is 0 Å². The van der Waals surface area contributed by atoms with Crippen LogP contribution < -0.4 is 5.32 Å². The van der Waals surface area contributed by atoms with Gasteiger partial charge in [-0.25, -0.2) is 0 Å². The van der Waals surface area contributed by atoms with Gasteiger partial charge in [-0.15, -0.1) is 0 Å². The zero-order valence-corrected chi connectivity index (χ0v) is 8.77. The van der Waals surface area contributed by atoms with Crippen molar-refractivity contribution >= 4 is 0 Å². The van der Waals surface area contributed by atoms with Crippen molar-refractivity contribution in [3.05, 3.63) is 0 Å². The standard InChI is InChI=1S/C11H23N/c1-4-5-11(10-6-7-10)8-12-9(2)3/h9-12H,4-8H2,1-3H3. The van der Waals surface area contributed by atoms with Gasteiger partial charge >= 0.3 is 0 Å². The molecule has 72 valence electrons. The highest BCUT2D eigenvalue weighted by atomic mass is 14.9. The molecule has 0 aromatic carbocycles. The minimum Gasteiger partial charge on any atom is -0.314 e. The van der Waals surface area contributed by atoms with Crippen LogP contribution in [0.4, 0.5) is 0 Å². The molecule has 1 rings (SSSR count). The zero-order valence-electron chi connectivity index (χ0n) is 8.77. The van der Waals surface area contributed by atoms with E-state index in [2.05, 4.69) is 26.1 Å². The van der Waals surface area contributed by atoms with Crippen molar-refractivity contribution in [1.82, 2.24) is 5.32 Å². The smallest absolute Gasteiger partial charge is 0.00104 e. The van der Waals surface area contributed by atoms with Gasteiger partial charge in [0, 0.05) is 6.04 Å². The van der Waals surface area contributed by atoms with Crippen LogP contribution in [0.5, 0.6) is 0 Å². The Balaban J connectivity index is 2.13. The summed E-state index contributed by atoms with van der Waals surface area (Å²) in [6.45, 7) is 8.01. The SMILES string of the molecule is CCCC(CNC(C)C)C1CC1. The molecule has 0 aromatic heterocycles. The molecule has 1 saturated carbocycles. The molecule has 0 spiro atoms. The fraction of sp³-hybridized carbons (Fsp3) is 1.00. The minimum absolute atomic E-state index is 0.656. The minimum atomic E-state index is 0.656. The first kappa shape index (κ1) is 10.0. The predicted octanol–water partition coefficient (Wildman–Crippen LogP) is 2.81. The molecule has 0 aromatic rings. The molecule has 1 nitrogen and oxygen atoms in total. The summed E-state index contributed by atoms with van der Waals surface area (Å²) in [5.41, 5.74) is 0.